The molecule has 0 saturated carbocycles. The Balaban J connectivity index is 1.37. The molecule has 2 amide bonds. The van der Waals surface area contributed by atoms with Gasteiger partial charge in [-0.3, -0.25) is 9.59 Å². The van der Waals surface area contributed by atoms with Crippen molar-refractivity contribution in [2.24, 2.45) is 0 Å². The van der Waals surface area contributed by atoms with Crippen molar-refractivity contribution in [3.05, 3.63) is 41.7 Å². The Morgan fingerprint density at radius 2 is 2.15 bits per heavy atom. The van der Waals surface area contributed by atoms with Gasteiger partial charge in [0, 0.05) is 56.0 Å². The van der Waals surface area contributed by atoms with Gasteiger partial charge in [0.1, 0.15) is 5.75 Å². The van der Waals surface area contributed by atoms with Gasteiger partial charge in [-0.25, -0.2) is 9.97 Å². The van der Waals surface area contributed by atoms with Gasteiger partial charge in [-0.05, 0) is 18.6 Å². The lowest BCUT2D eigenvalue weighted by atomic mass is 10.1. The molecule has 1 fully saturated rings. The molecule has 0 bridgehead atoms. The quantitative estimate of drug-likeness (QED) is 0.870. The Kier molecular flexibility index (Phi) is 4.62. The molecule has 0 aliphatic carbocycles. The molecule has 4 rings (SSSR count). The van der Waals surface area contributed by atoms with Crippen molar-refractivity contribution in [2.75, 3.05) is 30.3 Å². The Hall–Kier alpha value is -3.16. The normalized spacial score (nSPS) is 16.4. The van der Waals surface area contributed by atoms with Crippen molar-refractivity contribution >= 4 is 23.5 Å². The van der Waals surface area contributed by atoms with Crippen LogP contribution in [0.4, 0.5) is 11.6 Å². The van der Waals surface area contributed by atoms with Gasteiger partial charge >= 0.3 is 0 Å². The smallest absolute Gasteiger partial charge is 0.260 e. The molecule has 1 aromatic heterocycles. The van der Waals surface area contributed by atoms with Gasteiger partial charge in [-0.1, -0.05) is 6.07 Å². The average Bonchev–Trinajstić information content (AvgIpc) is 3.12. The van der Waals surface area contributed by atoms with Crippen LogP contribution in [0, 0.1) is 0 Å². The van der Waals surface area contributed by atoms with Crippen LogP contribution in [-0.4, -0.2) is 46.4 Å². The molecule has 1 aromatic carbocycles. The van der Waals surface area contributed by atoms with Crippen molar-refractivity contribution < 1.29 is 14.3 Å². The largest absolute Gasteiger partial charge is 0.484 e. The van der Waals surface area contributed by atoms with Crippen LogP contribution in [0.15, 0.2) is 30.5 Å². The number of benzene rings is 1. The van der Waals surface area contributed by atoms with Gasteiger partial charge in [-0.2, -0.15) is 0 Å². The van der Waals surface area contributed by atoms with Crippen LogP contribution >= 0.6 is 0 Å². The fourth-order valence-corrected chi connectivity index (χ4v) is 3.44. The number of nitrogens with two attached hydrogens (primary N) is 1. The number of rotatable bonds is 4. The maximum atomic E-state index is 12.5. The van der Waals surface area contributed by atoms with E-state index in [9.17, 15) is 9.59 Å². The first-order valence-corrected chi connectivity index (χ1v) is 9.01. The number of hydrogen-bond acceptors (Lipinski definition) is 6. The molecule has 8 nitrogen and oxygen atoms in total. The Labute approximate surface area is 156 Å². The van der Waals surface area contributed by atoms with E-state index >= 15 is 0 Å². The van der Waals surface area contributed by atoms with E-state index in [4.69, 9.17) is 10.5 Å². The highest BCUT2D eigenvalue weighted by Gasteiger charge is 2.24. The minimum Gasteiger partial charge on any atom is -0.484 e. The van der Waals surface area contributed by atoms with Gasteiger partial charge in [0.25, 0.3) is 5.91 Å². The monoisotopic (exact) mass is 367 g/mol. The van der Waals surface area contributed by atoms with Crippen molar-refractivity contribution in [3.8, 4) is 5.75 Å². The lowest BCUT2D eigenvalue weighted by molar-refractivity contribution is -0.134. The zero-order valence-electron chi connectivity index (χ0n) is 14.9. The molecule has 2 N–H and O–H groups in total. The predicted octanol–water partition coefficient (Wildman–Crippen LogP) is 1.15. The predicted molar refractivity (Wildman–Crippen MR) is 99.1 cm³/mol. The average molecular weight is 367 g/mol. The van der Waals surface area contributed by atoms with E-state index in [1.807, 2.05) is 12.1 Å². The van der Waals surface area contributed by atoms with E-state index in [1.165, 1.54) is 0 Å². The highest BCUT2D eigenvalue weighted by Crippen LogP contribution is 2.25. The van der Waals surface area contributed by atoms with Crippen molar-refractivity contribution in [1.29, 1.82) is 0 Å². The fraction of sp³-hybridized carbons (Fsp3) is 0.368. The number of aromatic nitrogens is 2. The van der Waals surface area contributed by atoms with Crippen LogP contribution in [0.25, 0.3) is 0 Å². The summed E-state index contributed by atoms with van der Waals surface area (Å²) in [6, 6.07) is 7.31. The van der Waals surface area contributed by atoms with Crippen LogP contribution in [0.1, 0.15) is 24.1 Å². The maximum Gasteiger partial charge on any atom is 0.260 e. The van der Waals surface area contributed by atoms with E-state index in [0.29, 0.717) is 31.7 Å². The molecular formula is C19H21N5O3. The molecular weight excluding hydrogens is 346 g/mol. The van der Waals surface area contributed by atoms with Crippen molar-refractivity contribution in [3.63, 3.8) is 0 Å². The third-order valence-corrected chi connectivity index (χ3v) is 4.87. The molecule has 2 aromatic rings. The van der Waals surface area contributed by atoms with Gasteiger partial charge in [0.2, 0.25) is 11.9 Å². The summed E-state index contributed by atoms with van der Waals surface area (Å²) in [5.41, 5.74) is 8.23. The number of carbonyl (C=O) groups excluding carboxylic acids is 2. The van der Waals surface area contributed by atoms with Crippen LogP contribution in [-0.2, 0) is 22.6 Å². The molecule has 0 radical (unpaired) electrons. The van der Waals surface area contributed by atoms with Crippen LogP contribution in [0.3, 0.4) is 0 Å². The Morgan fingerprint density at radius 1 is 1.26 bits per heavy atom. The minimum absolute atomic E-state index is 0.0530. The van der Waals surface area contributed by atoms with Crippen LogP contribution in [0.2, 0.25) is 0 Å². The van der Waals surface area contributed by atoms with Crippen LogP contribution < -0.4 is 15.4 Å². The number of carbonyl (C=O) groups is 2. The Morgan fingerprint density at radius 3 is 2.96 bits per heavy atom. The molecule has 3 heterocycles. The van der Waals surface area contributed by atoms with Crippen molar-refractivity contribution in [2.45, 2.75) is 25.8 Å². The van der Waals surface area contributed by atoms with E-state index in [2.05, 4.69) is 9.97 Å². The molecule has 0 spiro atoms. The third kappa shape index (κ3) is 3.69. The number of nitrogen functional groups attached to an aromatic ring is 1. The number of nitrogens with zero attached hydrogens (tertiary/aromatic N) is 4. The van der Waals surface area contributed by atoms with E-state index in [1.54, 1.807) is 28.1 Å². The van der Waals surface area contributed by atoms with Gasteiger partial charge in [-0.15, -0.1) is 0 Å². The zero-order valence-corrected chi connectivity index (χ0v) is 14.9. The highest BCUT2D eigenvalue weighted by molar-refractivity contribution is 5.95. The van der Waals surface area contributed by atoms with Gasteiger partial charge in [0.15, 0.2) is 6.61 Å². The minimum atomic E-state index is -0.0971. The SMILES string of the molecule is Nc1ncc2c(n1)CCN(C(=O)COc1cccc(N3CCCC3=O)c1)C2. The Bertz CT molecular complexity index is 885. The second-order valence-corrected chi connectivity index (χ2v) is 6.70. The summed E-state index contributed by atoms with van der Waals surface area (Å²) in [4.78, 5) is 36.1. The second kappa shape index (κ2) is 7.22. The lowest BCUT2D eigenvalue weighted by Gasteiger charge is -2.28. The standard InChI is InChI=1S/C19H21N5O3/c20-19-21-10-13-11-23(8-6-16(13)22-19)18(26)12-27-15-4-1-3-14(9-15)24-7-2-5-17(24)25/h1,3-4,9-10H,2,5-8,11-12H2,(H2,20,21,22). The first kappa shape index (κ1) is 17.3. The van der Waals surface area contributed by atoms with E-state index < -0.39 is 0 Å². The zero-order chi connectivity index (χ0) is 18.8. The second-order valence-electron chi connectivity index (χ2n) is 6.70. The molecule has 27 heavy (non-hydrogen) atoms. The molecule has 0 atom stereocenters. The summed E-state index contributed by atoms with van der Waals surface area (Å²) in [5.74, 6) is 0.862. The number of ether oxygens (including phenoxy) is 1. The number of fused-ring (bicyclic) bond motifs is 1. The molecule has 2 aliphatic rings. The summed E-state index contributed by atoms with van der Waals surface area (Å²) >= 11 is 0. The fourth-order valence-electron chi connectivity index (χ4n) is 3.44. The molecule has 1 saturated heterocycles. The van der Waals surface area contributed by atoms with E-state index in [0.717, 1.165) is 29.9 Å². The number of anilines is 2. The summed E-state index contributed by atoms with van der Waals surface area (Å²) in [7, 11) is 0. The number of amides is 2. The van der Waals surface area contributed by atoms with Crippen molar-refractivity contribution in [1.82, 2.24) is 14.9 Å². The first-order valence-electron chi connectivity index (χ1n) is 9.01. The summed E-state index contributed by atoms with van der Waals surface area (Å²) in [6.45, 7) is 1.71. The molecule has 0 unspecified atom stereocenters. The third-order valence-electron chi connectivity index (χ3n) is 4.87. The summed E-state index contributed by atoms with van der Waals surface area (Å²) in [5, 5.41) is 0. The van der Waals surface area contributed by atoms with Gasteiger partial charge < -0.3 is 20.3 Å². The lowest BCUT2D eigenvalue weighted by Crippen LogP contribution is -2.39. The highest BCUT2D eigenvalue weighted by atomic mass is 16.5. The first-order chi connectivity index (χ1) is 13.1. The topological polar surface area (TPSA) is 102 Å². The number of hydrogen-bond donors (Lipinski definition) is 1. The van der Waals surface area contributed by atoms with Gasteiger partial charge in [0.05, 0.1) is 5.69 Å². The van der Waals surface area contributed by atoms with Crippen LogP contribution in [0.5, 0.6) is 5.75 Å². The molecule has 8 heteroatoms. The summed E-state index contributed by atoms with van der Waals surface area (Å²) < 4.78 is 5.68. The maximum absolute atomic E-state index is 12.5. The summed E-state index contributed by atoms with van der Waals surface area (Å²) in [6.07, 6.45) is 3.78. The van der Waals surface area contributed by atoms with E-state index in [-0.39, 0.29) is 24.4 Å². The molecule has 140 valence electrons. The molecule has 2 aliphatic heterocycles.